The first-order valence-electron chi connectivity index (χ1n) is 4.40. The normalized spacial score (nSPS) is 11.4. The lowest BCUT2D eigenvalue weighted by Gasteiger charge is -2.22. The van der Waals surface area contributed by atoms with Crippen LogP contribution in [0.3, 0.4) is 0 Å². The highest BCUT2D eigenvalue weighted by atomic mass is 79.9. The highest BCUT2D eigenvalue weighted by Gasteiger charge is 2.23. The molecular formula is C11H13BrO2. The standard InChI is InChI=1S/C11H13BrO2/c1-11(2,7-10(13)14)8-3-5-9(12)6-4-8/h3-6H,7H2,1-2H3,(H,13,14). The summed E-state index contributed by atoms with van der Waals surface area (Å²) in [7, 11) is 0. The minimum absolute atomic E-state index is 0.147. The van der Waals surface area contributed by atoms with Crippen LogP contribution in [0.2, 0.25) is 0 Å². The van der Waals surface area contributed by atoms with E-state index in [9.17, 15) is 4.79 Å². The summed E-state index contributed by atoms with van der Waals surface area (Å²) >= 11 is 3.35. The van der Waals surface area contributed by atoms with Crippen molar-refractivity contribution in [2.75, 3.05) is 0 Å². The molecule has 1 aromatic carbocycles. The fraction of sp³-hybridized carbons (Fsp3) is 0.364. The van der Waals surface area contributed by atoms with E-state index in [0.717, 1.165) is 10.0 Å². The Hall–Kier alpha value is -0.830. The van der Waals surface area contributed by atoms with Gasteiger partial charge in [0, 0.05) is 9.89 Å². The Kier molecular flexibility index (Phi) is 3.32. The fourth-order valence-electron chi connectivity index (χ4n) is 1.38. The summed E-state index contributed by atoms with van der Waals surface area (Å²) in [5.41, 5.74) is 0.732. The molecule has 0 saturated carbocycles. The quantitative estimate of drug-likeness (QED) is 0.902. The molecule has 76 valence electrons. The van der Waals surface area contributed by atoms with Gasteiger partial charge in [-0.2, -0.15) is 0 Å². The number of halogens is 1. The van der Waals surface area contributed by atoms with Crippen LogP contribution in [0.4, 0.5) is 0 Å². The number of hydrogen-bond donors (Lipinski definition) is 1. The van der Waals surface area contributed by atoms with E-state index < -0.39 is 5.97 Å². The van der Waals surface area contributed by atoms with Crippen LogP contribution < -0.4 is 0 Å². The van der Waals surface area contributed by atoms with Crippen molar-refractivity contribution in [3.8, 4) is 0 Å². The summed E-state index contributed by atoms with van der Waals surface area (Å²) in [6.45, 7) is 3.87. The summed E-state index contributed by atoms with van der Waals surface area (Å²) in [6.07, 6.45) is 0.147. The van der Waals surface area contributed by atoms with E-state index in [0.29, 0.717) is 0 Å². The van der Waals surface area contributed by atoms with Gasteiger partial charge in [0.05, 0.1) is 6.42 Å². The molecule has 0 aromatic heterocycles. The smallest absolute Gasteiger partial charge is 0.304 e. The van der Waals surface area contributed by atoms with Crippen LogP contribution in [0.5, 0.6) is 0 Å². The zero-order valence-electron chi connectivity index (χ0n) is 8.25. The van der Waals surface area contributed by atoms with Gasteiger partial charge in [-0.15, -0.1) is 0 Å². The molecule has 1 rings (SSSR count). The lowest BCUT2D eigenvalue weighted by atomic mass is 9.82. The van der Waals surface area contributed by atoms with E-state index in [1.165, 1.54) is 0 Å². The molecule has 0 aliphatic heterocycles. The van der Waals surface area contributed by atoms with E-state index >= 15 is 0 Å². The van der Waals surface area contributed by atoms with Gasteiger partial charge in [-0.3, -0.25) is 4.79 Å². The molecule has 0 aliphatic rings. The molecule has 0 radical (unpaired) electrons. The Morgan fingerprint density at radius 3 is 2.29 bits per heavy atom. The van der Waals surface area contributed by atoms with Gasteiger partial charge in [-0.1, -0.05) is 41.9 Å². The van der Waals surface area contributed by atoms with Crippen LogP contribution >= 0.6 is 15.9 Å². The van der Waals surface area contributed by atoms with Crippen LogP contribution in [0, 0.1) is 0 Å². The first kappa shape index (κ1) is 11.2. The minimum atomic E-state index is -0.766. The van der Waals surface area contributed by atoms with Crippen molar-refractivity contribution in [2.24, 2.45) is 0 Å². The number of aliphatic carboxylic acids is 1. The SMILES string of the molecule is CC(C)(CC(=O)O)c1ccc(Br)cc1. The molecule has 3 heteroatoms. The lowest BCUT2D eigenvalue weighted by Crippen LogP contribution is -2.21. The number of carbonyl (C=O) groups is 1. The molecule has 1 N–H and O–H groups in total. The van der Waals surface area contributed by atoms with Crippen LogP contribution in [0.25, 0.3) is 0 Å². The maximum Gasteiger partial charge on any atom is 0.304 e. The van der Waals surface area contributed by atoms with Crippen LogP contribution in [-0.4, -0.2) is 11.1 Å². The minimum Gasteiger partial charge on any atom is -0.481 e. The van der Waals surface area contributed by atoms with Crippen molar-refractivity contribution < 1.29 is 9.90 Å². The summed E-state index contributed by atoms with van der Waals surface area (Å²) in [6, 6.07) is 7.76. The van der Waals surface area contributed by atoms with E-state index in [2.05, 4.69) is 15.9 Å². The molecule has 0 bridgehead atoms. The number of carboxylic acid groups (broad SMARTS) is 1. The fourth-order valence-corrected chi connectivity index (χ4v) is 1.65. The average Bonchev–Trinajstić information content (AvgIpc) is 2.02. The maximum atomic E-state index is 10.6. The zero-order valence-corrected chi connectivity index (χ0v) is 9.84. The Morgan fingerprint density at radius 2 is 1.86 bits per heavy atom. The molecule has 14 heavy (non-hydrogen) atoms. The number of hydrogen-bond acceptors (Lipinski definition) is 1. The largest absolute Gasteiger partial charge is 0.481 e. The summed E-state index contributed by atoms with van der Waals surface area (Å²) in [5.74, 6) is -0.766. The first-order chi connectivity index (χ1) is 6.42. The second kappa shape index (κ2) is 4.13. The molecule has 0 spiro atoms. The maximum absolute atomic E-state index is 10.6. The van der Waals surface area contributed by atoms with Crippen LogP contribution in [-0.2, 0) is 10.2 Å². The van der Waals surface area contributed by atoms with Crippen molar-refractivity contribution in [1.29, 1.82) is 0 Å². The van der Waals surface area contributed by atoms with E-state index in [4.69, 9.17) is 5.11 Å². The van der Waals surface area contributed by atoms with Crippen molar-refractivity contribution in [2.45, 2.75) is 25.7 Å². The second-order valence-corrected chi connectivity index (χ2v) is 4.88. The summed E-state index contributed by atoms with van der Waals surface area (Å²) in [5, 5.41) is 8.76. The average molecular weight is 257 g/mol. The lowest BCUT2D eigenvalue weighted by molar-refractivity contribution is -0.138. The summed E-state index contributed by atoms with van der Waals surface area (Å²) in [4.78, 5) is 10.6. The van der Waals surface area contributed by atoms with Gasteiger partial charge in [0.15, 0.2) is 0 Å². The molecule has 2 nitrogen and oxygen atoms in total. The molecule has 0 atom stereocenters. The molecular weight excluding hydrogens is 244 g/mol. The highest BCUT2D eigenvalue weighted by molar-refractivity contribution is 9.10. The molecule has 0 saturated heterocycles. The molecule has 0 fully saturated rings. The van der Waals surface area contributed by atoms with E-state index in [1.807, 2.05) is 38.1 Å². The second-order valence-electron chi connectivity index (χ2n) is 3.96. The molecule has 0 aliphatic carbocycles. The highest BCUT2D eigenvalue weighted by Crippen LogP contribution is 2.27. The van der Waals surface area contributed by atoms with Crippen LogP contribution in [0.1, 0.15) is 25.8 Å². The number of rotatable bonds is 3. The van der Waals surface area contributed by atoms with Crippen molar-refractivity contribution in [1.82, 2.24) is 0 Å². The molecule has 1 aromatic rings. The predicted molar refractivity (Wildman–Crippen MR) is 59.4 cm³/mol. The Bertz CT molecular complexity index is 328. The molecule has 0 heterocycles. The van der Waals surface area contributed by atoms with Gasteiger partial charge < -0.3 is 5.11 Å². The van der Waals surface area contributed by atoms with Gasteiger partial charge >= 0.3 is 5.97 Å². The number of benzene rings is 1. The van der Waals surface area contributed by atoms with Crippen LogP contribution in [0.15, 0.2) is 28.7 Å². The Morgan fingerprint density at radius 1 is 1.36 bits per heavy atom. The topological polar surface area (TPSA) is 37.3 Å². The van der Waals surface area contributed by atoms with Crippen molar-refractivity contribution >= 4 is 21.9 Å². The third-order valence-electron chi connectivity index (χ3n) is 2.22. The van der Waals surface area contributed by atoms with Gasteiger partial charge in [-0.05, 0) is 17.7 Å². The van der Waals surface area contributed by atoms with Crippen molar-refractivity contribution in [3.63, 3.8) is 0 Å². The molecule has 0 unspecified atom stereocenters. The van der Waals surface area contributed by atoms with E-state index in [1.54, 1.807) is 0 Å². The third-order valence-corrected chi connectivity index (χ3v) is 2.75. The Labute approximate surface area is 92.1 Å². The summed E-state index contributed by atoms with van der Waals surface area (Å²) < 4.78 is 1.01. The van der Waals surface area contributed by atoms with Gasteiger partial charge in [0.1, 0.15) is 0 Å². The predicted octanol–water partition coefficient (Wildman–Crippen LogP) is 3.20. The first-order valence-corrected chi connectivity index (χ1v) is 5.19. The van der Waals surface area contributed by atoms with Gasteiger partial charge in [0.25, 0.3) is 0 Å². The van der Waals surface area contributed by atoms with E-state index in [-0.39, 0.29) is 11.8 Å². The van der Waals surface area contributed by atoms with Gasteiger partial charge in [-0.25, -0.2) is 0 Å². The third kappa shape index (κ3) is 2.84. The van der Waals surface area contributed by atoms with Gasteiger partial charge in [0.2, 0.25) is 0 Å². The zero-order chi connectivity index (χ0) is 10.8. The number of carboxylic acids is 1. The Balaban J connectivity index is 2.91. The molecule has 0 amide bonds. The van der Waals surface area contributed by atoms with Crippen molar-refractivity contribution in [3.05, 3.63) is 34.3 Å². The monoisotopic (exact) mass is 256 g/mol.